The molecule has 0 bridgehead atoms. The lowest BCUT2D eigenvalue weighted by atomic mass is 10.1. The van der Waals surface area contributed by atoms with Crippen molar-refractivity contribution < 1.29 is 23.8 Å². The summed E-state index contributed by atoms with van der Waals surface area (Å²) in [5.41, 5.74) is 2.30. The molecule has 0 spiro atoms. The van der Waals surface area contributed by atoms with Crippen LogP contribution in [0.5, 0.6) is 17.2 Å². The second-order valence-corrected chi connectivity index (χ2v) is 9.58. The quantitative estimate of drug-likeness (QED) is 0.0563. The number of rotatable bonds is 17. The van der Waals surface area contributed by atoms with E-state index in [0.717, 1.165) is 54.9 Å². The number of ketones is 1. The lowest BCUT2D eigenvalue weighted by Crippen LogP contribution is -2.04. The van der Waals surface area contributed by atoms with Gasteiger partial charge in [0.05, 0.1) is 13.2 Å². The Bertz CT molecular complexity index is 1220. The molecule has 5 nitrogen and oxygen atoms in total. The van der Waals surface area contributed by atoms with Crippen molar-refractivity contribution in [3.05, 3.63) is 102 Å². The SMILES string of the molecule is CCCCCCOc1ccc(/C=C/C(=O)c2ccc(OC(=O)/C=C/c3ccc(OCCCCC)cc3)cc2)cc1. The number of allylic oxidation sites excluding steroid dienone is 1. The molecule has 0 aliphatic carbocycles. The standard InChI is InChI=1S/C35H40O5/c1-3-5-7-9-27-39-32-18-10-28(11-19-32)14-24-34(36)30-16-22-33(23-17-30)40-35(37)25-15-29-12-20-31(21-13-29)38-26-8-6-4-2/h10-25H,3-9,26-27H2,1-2H3/b24-14+,25-15+. The van der Waals surface area contributed by atoms with Crippen LogP contribution >= 0.6 is 0 Å². The van der Waals surface area contributed by atoms with Crippen LogP contribution < -0.4 is 14.2 Å². The molecule has 0 radical (unpaired) electrons. The predicted molar refractivity (Wildman–Crippen MR) is 162 cm³/mol. The van der Waals surface area contributed by atoms with E-state index in [1.54, 1.807) is 36.4 Å². The van der Waals surface area contributed by atoms with Crippen LogP contribution in [0.4, 0.5) is 0 Å². The van der Waals surface area contributed by atoms with E-state index in [1.165, 1.54) is 31.4 Å². The fourth-order valence-corrected chi connectivity index (χ4v) is 3.88. The number of esters is 1. The molecule has 0 aliphatic rings. The Balaban J connectivity index is 1.43. The predicted octanol–water partition coefficient (Wildman–Crippen LogP) is 8.73. The summed E-state index contributed by atoms with van der Waals surface area (Å²) in [6.45, 7) is 5.78. The average molecular weight is 541 g/mol. The first-order valence-electron chi connectivity index (χ1n) is 14.3. The van der Waals surface area contributed by atoms with Crippen LogP contribution in [0.15, 0.2) is 84.9 Å². The largest absolute Gasteiger partial charge is 0.494 e. The molecule has 3 aromatic carbocycles. The minimum absolute atomic E-state index is 0.133. The molecule has 0 fully saturated rings. The van der Waals surface area contributed by atoms with Gasteiger partial charge in [-0.05, 0) is 84.7 Å². The van der Waals surface area contributed by atoms with Crippen LogP contribution in [0.1, 0.15) is 80.3 Å². The number of unbranched alkanes of at least 4 members (excludes halogenated alkanes) is 5. The summed E-state index contributed by atoms with van der Waals surface area (Å²) in [6, 6.07) is 21.8. The highest BCUT2D eigenvalue weighted by molar-refractivity contribution is 6.06. The molecule has 5 heteroatoms. The minimum Gasteiger partial charge on any atom is -0.494 e. The van der Waals surface area contributed by atoms with Crippen molar-refractivity contribution in [1.82, 2.24) is 0 Å². The molecule has 0 aromatic heterocycles. The van der Waals surface area contributed by atoms with Crippen LogP contribution in [0, 0.1) is 0 Å². The Labute approximate surface area is 238 Å². The Morgan fingerprint density at radius 3 is 1.60 bits per heavy atom. The zero-order valence-electron chi connectivity index (χ0n) is 23.6. The fraction of sp³-hybridized carbons (Fsp3) is 0.314. The van der Waals surface area contributed by atoms with E-state index in [1.807, 2.05) is 48.5 Å². The summed E-state index contributed by atoms with van der Waals surface area (Å²) in [7, 11) is 0. The third-order valence-corrected chi connectivity index (χ3v) is 6.24. The lowest BCUT2D eigenvalue weighted by Gasteiger charge is -2.06. The van der Waals surface area contributed by atoms with Gasteiger partial charge < -0.3 is 14.2 Å². The van der Waals surface area contributed by atoms with E-state index < -0.39 is 5.97 Å². The topological polar surface area (TPSA) is 61.8 Å². The molecule has 0 heterocycles. The highest BCUT2D eigenvalue weighted by Gasteiger charge is 2.05. The molecule has 0 aliphatic heterocycles. The monoisotopic (exact) mass is 540 g/mol. The Morgan fingerprint density at radius 1 is 0.575 bits per heavy atom. The molecule has 0 atom stereocenters. The van der Waals surface area contributed by atoms with Gasteiger partial charge in [0, 0.05) is 11.6 Å². The van der Waals surface area contributed by atoms with Crippen molar-refractivity contribution >= 4 is 23.9 Å². The molecule has 210 valence electrons. The molecule has 40 heavy (non-hydrogen) atoms. The second-order valence-electron chi connectivity index (χ2n) is 9.58. The molecule has 3 rings (SSSR count). The van der Waals surface area contributed by atoms with Crippen molar-refractivity contribution in [2.45, 2.75) is 58.8 Å². The van der Waals surface area contributed by atoms with Gasteiger partial charge in [0.1, 0.15) is 17.2 Å². The maximum Gasteiger partial charge on any atom is 0.336 e. The van der Waals surface area contributed by atoms with Crippen molar-refractivity contribution in [2.75, 3.05) is 13.2 Å². The van der Waals surface area contributed by atoms with Crippen molar-refractivity contribution in [2.24, 2.45) is 0 Å². The molecular formula is C35H40O5. The van der Waals surface area contributed by atoms with E-state index in [9.17, 15) is 9.59 Å². The molecule has 0 N–H and O–H groups in total. The van der Waals surface area contributed by atoms with Crippen LogP contribution in [0.25, 0.3) is 12.2 Å². The molecule has 0 unspecified atom stereocenters. The summed E-state index contributed by atoms with van der Waals surface area (Å²) in [5, 5.41) is 0. The summed E-state index contributed by atoms with van der Waals surface area (Å²) in [4.78, 5) is 24.8. The molecular weight excluding hydrogens is 500 g/mol. The minimum atomic E-state index is -0.493. The van der Waals surface area contributed by atoms with Crippen LogP contribution in [0.2, 0.25) is 0 Å². The van der Waals surface area contributed by atoms with Gasteiger partial charge >= 0.3 is 5.97 Å². The van der Waals surface area contributed by atoms with Gasteiger partial charge in [-0.25, -0.2) is 4.79 Å². The number of carbonyl (C=O) groups is 2. The highest BCUT2D eigenvalue weighted by Crippen LogP contribution is 2.17. The van der Waals surface area contributed by atoms with E-state index >= 15 is 0 Å². The van der Waals surface area contributed by atoms with Crippen molar-refractivity contribution in [3.8, 4) is 17.2 Å². The van der Waals surface area contributed by atoms with Gasteiger partial charge in [0.2, 0.25) is 0 Å². The molecule has 3 aromatic rings. The molecule has 0 saturated heterocycles. The zero-order valence-corrected chi connectivity index (χ0v) is 23.6. The van der Waals surface area contributed by atoms with Crippen molar-refractivity contribution in [1.29, 1.82) is 0 Å². The first kappa shape index (κ1) is 30.4. The van der Waals surface area contributed by atoms with Gasteiger partial charge in [-0.1, -0.05) is 76.3 Å². The lowest BCUT2D eigenvalue weighted by molar-refractivity contribution is -0.128. The van der Waals surface area contributed by atoms with Crippen molar-refractivity contribution in [3.63, 3.8) is 0 Å². The van der Waals surface area contributed by atoms with Gasteiger partial charge in [-0.15, -0.1) is 0 Å². The van der Waals surface area contributed by atoms with Gasteiger partial charge in [0.25, 0.3) is 0 Å². The summed E-state index contributed by atoms with van der Waals surface area (Å²) >= 11 is 0. The summed E-state index contributed by atoms with van der Waals surface area (Å²) in [5.74, 6) is 1.40. The molecule has 0 amide bonds. The highest BCUT2D eigenvalue weighted by atomic mass is 16.5. The van der Waals surface area contributed by atoms with E-state index in [0.29, 0.717) is 17.9 Å². The third-order valence-electron chi connectivity index (χ3n) is 6.24. The Hall–Kier alpha value is -4.12. The Kier molecular flexibility index (Phi) is 13.3. The number of carbonyl (C=O) groups excluding carboxylic acids is 2. The van der Waals surface area contributed by atoms with E-state index in [-0.39, 0.29) is 5.78 Å². The number of ether oxygens (including phenoxy) is 3. The average Bonchev–Trinajstić information content (AvgIpc) is 2.98. The number of hydrogen-bond acceptors (Lipinski definition) is 5. The Morgan fingerprint density at radius 2 is 1.05 bits per heavy atom. The van der Waals surface area contributed by atoms with Crippen LogP contribution in [-0.4, -0.2) is 25.0 Å². The summed E-state index contributed by atoms with van der Waals surface area (Å²) in [6.07, 6.45) is 14.4. The smallest absolute Gasteiger partial charge is 0.336 e. The van der Waals surface area contributed by atoms with Crippen LogP contribution in [-0.2, 0) is 4.79 Å². The van der Waals surface area contributed by atoms with E-state index in [2.05, 4.69) is 13.8 Å². The number of hydrogen-bond donors (Lipinski definition) is 0. The molecule has 0 saturated carbocycles. The summed E-state index contributed by atoms with van der Waals surface area (Å²) < 4.78 is 16.8. The normalized spacial score (nSPS) is 11.2. The van der Waals surface area contributed by atoms with Gasteiger partial charge in [0.15, 0.2) is 5.78 Å². The maximum absolute atomic E-state index is 12.6. The first-order chi connectivity index (χ1) is 19.6. The number of benzene rings is 3. The van der Waals surface area contributed by atoms with Gasteiger partial charge in [-0.2, -0.15) is 0 Å². The van der Waals surface area contributed by atoms with Crippen LogP contribution in [0.3, 0.4) is 0 Å². The zero-order chi connectivity index (χ0) is 28.4. The first-order valence-corrected chi connectivity index (χ1v) is 14.3. The third kappa shape index (κ3) is 11.3. The van der Waals surface area contributed by atoms with E-state index in [4.69, 9.17) is 14.2 Å². The second kappa shape index (κ2) is 17.5. The van der Waals surface area contributed by atoms with Gasteiger partial charge in [-0.3, -0.25) is 4.79 Å². The fourth-order valence-electron chi connectivity index (χ4n) is 3.88. The maximum atomic E-state index is 12.6.